The number of ether oxygens (including phenoxy) is 1. The highest BCUT2D eigenvalue weighted by molar-refractivity contribution is 5.80. The summed E-state index contributed by atoms with van der Waals surface area (Å²) in [4.78, 5) is 11.6. The van der Waals surface area contributed by atoms with Crippen molar-refractivity contribution in [3.8, 4) is 18.1 Å². The fraction of sp³-hybridized carbons (Fsp3) is 0.400. The lowest BCUT2D eigenvalue weighted by Crippen LogP contribution is -2.36. The number of halogens is 1. The number of carbonyl (C=O) groups is 1. The van der Waals surface area contributed by atoms with E-state index >= 15 is 0 Å². The molecule has 5 heteroatoms. The van der Waals surface area contributed by atoms with Gasteiger partial charge in [-0.25, -0.2) is 4.39 Å². The van der Waals surface area contributed by atoms with Crippen LogP contribution in [0.3, 0.4) is 0 Å². The fourth-order valence-electron chi connectivity index (χ4n) is 1.57. The number of nitrogens with one attached hydrogen (secondary N) is 2. The molecule has 0 aliphatic rings. The highest BCUT2D eigenvalue weighted by Gasteiger charge is 2.16. The fourth-order valence-corrected chi connectivity index (χ4v) is 1.57. The standard InChI is InChI=1S/C15H19FN2O2/c1-5-8-18-15(19)11(3)20-14-7-6-12(9-13(14)16)10(2)17-4/h1,6-7,9-11,17H,8H2,2-4H3,(H,18,19). The van der Waals surface area contributed by atoms with Gasteiger partial charge in [0.15, 0.2) is 17.7 Å². The number of hydrogen-bond acceptors (Lipinski definition) is 3. The van der Waals surface area contributed by atoms with Crippen molar-refractivity contribution in [3.63, 3.8) is 0 Å². The average molecular weight is 278 g/mol. The third-order valence-electron chi connectivity index (χ3n) is 2.93. The summed E-state index contributed by atoms with van der Waals surface area (Å²) in [5.74, 6) is 1.45. The van der Waals surface area contributed by atoms with Gasteiger partial charge < -0.3 is 15.4 Å². The summed E-state index contributed by atoms with van der Waals surface area (Å²) >= 11 is 0. The van der Waals surface area contributed by atoms with Gasteiger partial charge in [-0.1, -0.05) is 12.0 Å². The Kier molecular flexibility index (Phi) is 6.01. The van der Waals surface area contributed by atoms with Gasteiger partial charge in [0, 0.05) is 6.04 Å². The first-order valence-electron chi connectivity index (χ1n) is 6.34. The van der Waals surface area contributed by atoms with E-state index in [-0.39, 0.29) is 24.2 Å². The van der Waals surface area contributed by atoms with Crippen LogP contribution in [-0.4, -0.2) is 25.6 Å². The molecule has 2 N–H and O–H groups in total. The van der Waals surface area contributed by atoms with Crippen LogP contribution in [0.2, 0.25) is 0 Å². The van der Waals surface area contributed by atoms with Crippen molar-refractivity contribution in [1.29, 1.82) is 0 Å². The average Bonchev–Trinajstić information content (AvgIpc) is 2.45. The molecule has 0 radical (unpaired) electrons. The Morgan fingerprint density at radius 1 is 1.50 bits per heavy atom. The number of benzene rings is 1. The number of rotatable bonds is 6. The molecule has 0 heterocycles. The molecule has 0 fully saturated rings. The Bertz CT molecular complexity index is 511. The van der Waals surface area contributed by atoms with Crippen LogP contribution in [0, 0.1) is 18.2 Å². The van der Waals surface area contributed by atoms with Crippen LogP contribution in [0.15, 0.2) is 18.2 Å². The molecule has 1 aromatic rings. The third kappa shape index (κ3) is 4.25. The van der Waals surface area contributed by atoms with E-state index in [1.54, 1.807) is 13.1 Å². The molecule has 0 aromatic heterocycles. The maximum atomic E-state index is 13.9. The van der Waals surface area contributed by atoms with Gasteiger partial charge in [-0.2, -0.15) is 0 Å². The van der Waals surface area contributed by atoms with E-state index in [0.29, 0.717) is 0 Å². The largest absolute Gasteiger partial charge is 0.478 e. The smallest absolute Gasteiger partial charge is 0.261 e. The van der Waals surface area contributed by atoms with Crippen LogP contribution in [0.4, 0.5) is 4.39 Å². The van der Waals surface area contributed by atoms with Crippen molar-refractivity contribution >= 4 is 5.91 Å². The van der Waals surface area contributed by atoms with Gasteiger partial charge in [0.1, 0.15) is 0 Å². The molecule has 2 atom stereocenters. The van der Waals surface area contributed by atoms with Gasteiger partial charge in [0.05, 0.1) is 6.54 Å². The van der Waals surface area contributed by atoms with Crippen molar-refractivity contribution in [3.05, 3.63) is 29.6 Å². The molecule has 108 valence electrons. The van der Waals surface area contributed by atoms with Crippen molar-refractivity contribution in [2.45, 2.75) is 26.0 Å². The number of terminal acetylenes is 1. The first kappa shape index (κ1) is 16.0. The number of carbonyl (C=O) groups excluding carboxylic acids is 1. The Morgan fingerprint density at radius 3 is 2.75 bits per heavy atom. The minimum atomic E-state index is -0.814. The molecule has 0 aliphatic heterocycles. The molecule has 0 spiro atoms. The highest BCUT2D eigenvalue weighted by atomic mass is 19.1. The summed E-state index contributed by atoms with van der Waals surface area (Å²) in [5.41, 5.74) is 0.807. The van der Waals surface area contributed by atoms with Crippen molar-refractivity contribution < 1.29 is 13.9 Å². The normalized spacial score (nSPS) is 13.2. The Balaban J connectivity index is 2.73. The molecule has 0 saturated heterocycles. The van der Waals surface area contributed by atoms with Gasteiger partial charge in [0.2, 0.25) is 0 Å². The lowest BCUT2D eigenvalue weighted by Gasteiger charge is -2.16. The third-order valence-corrected chi connectivity index (χ3v) is 2.93. The zero-order chi connectivity index (χ0) is 15.1. The van der Waals surface area contributed by atoms with Crippen molar-refractivity contribution in [2.24, 2.45) is 0 Å². The quantitative estimate of drug-likeness (QED) is 0.778. The van der Waals surface area contributed by atoms with Gasteiger partial charge in [-0.3, -0.25) is 4.79 Å². The molecule has 1 aromatic carbocycles. The monoisotopic (exact) mass is 278 g/mol. The molecule has 1 amide bonds. The summed E-state index contributed by atoms with van der Waals surface area (Å²) in [7, 11) is 1.80. The topological polar surface area (TPSA) is 50.4 Å². The predicted octanol–water partition coefficient (Wildman–Crippen LogP) is 1.62. The van der Waals surface area contributed by atoms with E-state index in [1.807, 2.05) is 6.92 Å². The van der Waals surface area contributed by atoms with Crippen LogP contribution in [-0.2, 0) is 4.79 Å². The summed E-state index contributed by atoms with van der Waals surface area (Å²) in [5, 5.41) is 5.50. The summed E-state index contributed by atoms with van der Waals surface area (Å²) in [6.07, 6.45) is 4.23. The lowest BCUT2D eigenvalue weighted by molar-refractivity contribution is -0.127. The minimum absolute atomic E-state index is 0.0369. The second kappa shape index (κ2) is 7.51. The molecule has 4 nitrogen and oxygen atoms in total. The maximum absolute atomic E-state index is 13.9. The van der Waals surface area contributed by atoms with Crippen LogP contribution < -0.4 is 15.4 Å². The molecule has 1 rings (SSSR count). The molecule has 20 heavy (non-hydrogen) atoms. The predicted molar refractivity (Wildman–Crippen MR) is 75.8 cm³/mol. The lowest BCUT2D eigenvalue weighted by atomic mass is 10.1. The second-order valence-electron chi connectivity index (χ2n) is 4.38. The van der Waals surface area contributed by atoms with Crippen LogP contribution in [0.25, 0.3) is 0 Å². The molecular formula is C15H19FN2O2. The molecule has 0 aliphatic carbocycles. The Labute approximate surface area is 118 Å². The summed E-state index contributed by atoms with van der Waals surface area (Å²) < 4.78 is 19.2. The van der Waals surface area contributed by atoms with E-state index in [2.05, 4.69) is 16.6 Å². The van der Waals surface area contributed by atoms with E-state index in [1.165, 1.54) is 19.1 Å². The Hall–Kier alpha value is -2.06. The Morgan fingerprint density at radius 2 is 2.20 bits per heavy atom. The van der Waals surface area contributed by atoms with E-state index < -0.39 is 11.9 Å². The maximum Gasteiger partial charge on any atom is 0.261 e. The minimum Gasteiger partial charge on any atom is -0.478 e. The second-order valence-corrected chi connectivity index (χ2v) is 4.38. The number of amides is 1. The summed E-state index contributed by atoms with van der Waals surface area (Å²) in [6, 6.07) is 4.70. The van der Waals surface area contributed by atoms with Crippen LogP contribution in [0.1, 0.15) is 25.5 Å². The van der Waals surface area contributed by atoms with E-state index in [4.69, 9.17) is 11.2 Å². The molecule has 0 bridgehead atoms. The van der Waals surface area contributed by atoms with E-state index in [9.17, 15) is 9.18 Å². The van der Waals surface area contributed by atoms with Gasteiger partial charge in [-0.05, 0) is 38.6 Å². The molecular weight excluding hydrogens is 259 g/mol. The zero-order valence-corrected chi connectivity index (χ0v) is 11.9. The van der Waals surface area contributed by atoms with E-state index in [0.717, 1.165) is 5.56 Å². The van der Waals surface area contributed by atoms with Gasteiger partial charge in [-0.15, -0.1) is 6.42 Å². The van der Waals surface area contributed by atoms with Crippen molar-refractivity contribution in [1.82, 2.24) is 10.6 Å². The van der Waals surface area contributed by atoms with Gasteiger partial charge in [0.25, 0.3) is 5.91 Å². The molecule has 2 unspecified atom stereocenters. The van der Waals surface area contributed by atoms with Crippen LogP contribution in [0.5, 0.6) is 5.75 Å². The first-order valence-corrected chi connectivity index (χ1v) is 6.34. The van der Waals surface area contributed by atoms with Crippen molar-refractivity contribution in [2.75, 3.05) is 13.6 Å². The molecule has 0 saturated carbocycles. The number of hydrogen-bond donors (Lipinski definition) is 2. The van der Waals surface area contributed by atoms with Gasteiger partial charge >= 0.3 is 0 Å². The summed E-state index contributed by atoms with van der Waals surface area (Å²) in [6.45, 7) is 3.58. The first-order chi connectivity index (χ1) is 9.49. The SMILES string of the molecule is C#CCNC(=O)C(C)Oc1ccc(C(C)NC)cc1F. The van der Waals surface area contributed by atoms with Crippen LogP contribution >= 0.6 is 0 Å². The zero-order valence-electron chi connectivity index (χ0n) is 11.9. The highest BCUT2D eigenvalue weighted by Crippen LogP contribution is 2.22.